The number of nitro benzene ring substituents is 1. The quantitative estimate of drug-likeness (QED) is 0.385. The van der Waals surface area contributed by atoms with Crippen LogP contribution in [0.4, 0.5) is 11.4 Å². The van der Waals surface area contributed by atoms with Crippen molar-refractivity contribution in [3.63, 3.8) is 0 Å². The van der Waals surface area contributed by atoms with Crippen molar-refractivity contribution in [2.24, 2.45) is 0 Å². The number of amides is 2. The van der Waals surface area contributed by atoms with Crippen LogP contribution in [0.3, 0.4) is 0 Å². The molecule has 2 amide bonds. The molecule has 1 saturated heterocycles. The second kappa shape index (κ2) is 10.1. The number of carbonyl (C=O) groups is 2. The van der Waals surface area contributed by atoms with Crippen LogP contribution in [0.15, 0.2) is 45.6 Å². The van der Waals surface area contributed by atoms with Crippen molar-refractivity contribution in [1.29, 1.82) is 0 Å². The van der Waals surface area contributed by atoms with Crippen molar-refractivity contribution >= 4 is 34.3 Å². The van der Waals surface area contributed by atoms with E-state index in [1.165, 1.54) is 17.0 Å². The summed E-state index contributed by atoms with van der Waals surface area (Å²) in [5.74, 6) is -1.66. The third-order valence-electron chi connectivity index (χ3n) is 6.17. The number of carbonyl (C=O) groups excluding carboxylic acids is 2. The summed E-state index contributed by atoms with van der Waals surface area (Å²) in [5, 5.41) is 13.9. The van der Waals surface area contributed by atoms with E-state index in [0.29, 0.717) is 12.3 Å². The molecule has 1 aliphatic heterocycles. The first-order valence-electron chi connectivity index (χ1n) is 11.3. The van der Waals surface area contributed by atoms with Crippen LogP contribution in [0.5, 0.6) is 0 Å². The van der Waals surface area contributed by atoms with Gasteiger partial charge in [0.05, 0.1) is 22.6 Å². The lowest BCUT2D eigenvalue weighted by Gasteiger charge is -2.25. The number of anilines is 1. The first-order chi connectivity index (χ1) is 16.7. The number of nitro groups is 1. The number of hydrogen-bond acceptors (Lipinski definition) is 7. The molecule has 11 nitrogen and oxygen atoms in total. The van der Waals surface area contributed by atoms with Crippen molar-refractivity contribution in [3.05, 3.63) is 68.2 Å². The second-order valence-electron chi connectivity index (χ2n) is 8.57. The van der Waals surface area contributed by atoms with Gasteiger partial charge in [-0.05, 0) is 49.9 Å². The minimum absolute atomic E-state index is 0.00958. The van der Waals surface area contributed by atoms with Crippen LogP contribution in [0.2, 0.25) is 0 Å². The fraction of sp³-hybridized carbons (Fsp3) is 0.375. The number of ether oxygens (including phenoxy) is 1. The van der Waals surface area contributed by atoms with Crippen LogP contribution >= 0.6 is 0 Å². The molecule has 1 N–H and O–H groups in total. The Morgan fingerprint density at radius 3 is 2.77 bits per heavy atom. The molecule has 4 rings (SSSR count). The van der Waals surface area contributed by atoms with Crippen molar-refractivity contribution in [1.82, 2.24) is 9.47 Å². The van der Waals surface area contributed by atoms with Gasteiger partial charge in [0.15, 0.2) is 5.58 Å². The lowest BCUT2D eigenvalue weighted by Crippen LogP contribution is -2.44. The van der Waals surface area contributed by atoms with Crippen LogP contribution in [-0.4, -0.2) is 52.0 Å². The highest BCUT2D eigenvalue weighted by molar-refractivity contribution is 5.95. The summed E-state index contributed by atoms with van der Waals surface area (Å²) in [7, 11) is 0. The molecule has 2 heterocycles. The van der Waals surface area contributed by atoms with Gasteiger partial charge < -0.3 is 19.4 Å². The van der Waals surface area contributed by atoms with Gasteiger partial charge in [-0.1, -0.05) is 12.1 Å². The number of oxazole rings is 1. The maximum Gasteiger partial charge on any atom is 0.420 e. The Labute approximate surface area is 200 Å². The Kier molecular flexibility index (Phi) is 6.97. The standard InChI is InChI=1S/C24H26N4O7/c1-15-5-3-7-19(16(15)2)25-22(29)13-26(12-18-6-4-10-34-18)23(30)14-27-20-9-8-17(28(32)33)11-21(20)35-24(27)31/h3,5,7-9,11,18H,4,6,10,12-14H2,1-2H3,(H,25,29). The molecule has 1 atom stereocenters. The summed E-state index contributed by atoms with van der Waals surface area (Å²) in [6, 6.07) is 9.32. The van der Waals surface area contributed by atoms with E-state index >= 15 is 0 Å². The van der Waals surface area contributed by atoms with Crippen LogP contribution in [0, 0.1) is 24.0 Å². The van der Waals surface area contributed by atoms with Gasteiger partial charge in [-0.3, -0.25) is 24.3 Å². The summed E-state index contributed by atoms with van der Waals surface area (Å²) >= 11 is 0. The zero-order valence-corrected chi connectivity index (χ0v) is 19.5. The third kappa shape index (κ3) is 5.40. The van der Waals surface area contributed by atoms with E-state index in [9.17, 15) is 24.5 Å². The number of hydrogen-bond donors (Lipinski definition) is 1. The summed E-state index contributed by atoms with van der Waals surface area (Å²) in [6.45, 7) is 4.04. The van der Waals surface area contributed by atoms with Gasteiger partial charge in [0.25, 0.3) is 5.69 Å². The van der Waals surface area contributed by atoms with E-state index < -0.39 is 16.6 Å². The lowest BCUT2D eigenvalue weighted by atomic mass is 10.1. The zero-order chi connectivity index (χ0) is 25.1. The lowest BCUT2D eigenvalue weighted by molar-refractivity contribution is -0.384. The number of rotatable bonds is 8. The molecule has 3 aromatic rings. The van der Waals surface area contributed by atoms with E-state index in [1.807, 2.05) is 26.0 Å². The summed E-state index contributed by atoms with van der Waals surface area (Å²) in [4.78, 5) is 50.3. The van der Waals surface area contributed by atoms with E-state index in [-0.39, 0.29) is 48.4 Å². The molecule has 1 aliphatic rings. The predicted octanol–water partition coefficient (Wildman–Crippen LogP) is 2.77. The van der Waals surface area contributed by atoms with Crippen LogP contribution < -0.4 is 11.1 Å². The van der Waals surface area contributed by atoms with Crippen molar-refractivity contribution in [3.8, 4) is 0 Å². The maximum absolute atomic E-state index is 13.3. The summed E-state index contributed by atoms with van der Waals surface area (Å²) in [6.07, 6.45) is 1.43. The molecular formula is C24H26N4O7. The number of benzene rings is 2. The second-order valence-corrected chi connectivity index (χ2v) is 8.57. The van der Waals surface area contributed by atoms with E-state index in [4.69, 9.17) is 9.15 Å². The van der Waals surface area contributed by atoms with Crippen LogP contribution in [0.25, 0.3) is 11.1 Å². The molecular weight excluding hydrogens is 456 g/mol. The fourth-order valence-corrected chi connectivity index (χ4v) is 4.09. The Balaban J connectivity index is 1.54. The molecule has 35 heavy (non-hydrogen) atoms. The number of nitrogens with zero attached hydrogens (tertiary/aromatic N) is 3. The number of aromatic nitrogens is 1. The molecule has 1 fully saturated rings. The van der Waals surface area contributed by atoms with Gasteiger partial charge in [-0.2, -0.15) is 0 Å². The summed E-state index contributed by atoms with van der Waals surface area (Å²) in [5.41, 5.74) is 2.66. The average Bonchev–Trinajstić information content (AvgIpc) is 3.43. The van der Waals surface area contributed by atoms with E-state index in [0.717, 1.165) is 34.6 Å². The molecule has 11 heteroatoms. The smallest absolute Gasteiger partial charge is 0.407 e. The Hall–Kier alpha value is -3.99. The predicted molar refractivity (Wildman–Crippen MR) is 127 cm³/mol. The molecule has 184 valence electrons. The van der Waals surface area contributed by atoms with Crippen molar-refractivity contribution in [2.45, 2.75) is 39.3 Å². The minimum atomic E-state index is -0.814. The number of nitrogens with one attached hydrogen (secondary N) is 1. The van der Waals surface area contributed by atoms with Gasteiger partial charge >= 0.3 is 5.76 Å². The first kappa shape index (κ1) is 24.1. The number of non-ortho nitro benzene ring substituents is 1. The molecule has 0 aliphatic carbocycles. The topological polar surface area (TPSA) is 137 Å². The molecule has 0 radical (unpaired) electrons. The molecule has 1 aromatic heterocycles. The van der Waals surface area contributed by atoms with Crippen LogP contribution in [0.1, 0.15) is 24.0 Å². The number of fused-ring (bicyclic) bond motifs is 1. The zero-order valence-electron chi connectivity index (χ0n) is 19.5. The SMILES string of the molecule is Cc1cccc(NC(=O)CN(CC2CCCO2)C(=O)Cn2c(=O)oc3cc([N+](=O)[O-])ccc32)c1C. The highest BCUT2D eigenvalue weighted by Crippen LogP contribution is 2.21. The molecule has 0 spiro atoms. The first-order valence-corrected chi connectivity index (χ1v) is 11.3. The monoisotopic (exact) mass is 482 g/mol. The molecule has 0 bridgehead atoms. The largest absolute Gasteiger partial charge is 0.420 e. The van der Waals surface area contributed by atoms with Crippen molar-refractivity contribution in [2.75, 3.05) is 25.0 Å². The van der Waals surface area contributed by atoms with Gasteiger partial charge in [-0.15, -0.1) is 0 Å². The normalized spacial score (nSPS) is 15.3. The van der Waals surface area contributed by atoms with Gasteiger partial charge in [-0.25, -0.2) is 4.79 Å². The Morgan fingerprint density at radius 1 is 1.26 bits per heavy atom. The van der Waals surface area contributed by atoms with E-state index in [1.54, 1.807) is 6.07 Å². The highest BCUT2D eigenvalue weighted by Gasteiger charge is 2.26. The molecule has 1 unspecified atom stereocenters. The maximum atomic E-state index is 13.3. The van der Waals surface area contributed by atoms with Gasteiger partial charge in [0, 0.05) is 24.9 Å². The highest BCUT2D eigenvalue weighted by atomic mass is 16.6. The summed E-state index contributed by atoms with van der Waals surface area (Å²) < 4.78 is 11.9. The van der Waals surface area contributed by atoms with Crippen molar-refractivity contribution < 1.29 is 23.7 Å². The average molecular weight is 482 g/mol. The fourth-order valence-electron chi connectivity index (χ4n) is 4.09. The Bertz CT molecular complexity index is 1340. The van der Waals surface area contributed by atoms with Gasteiger partial charge in [0.2, 0.25) is 11.8 Å². The van der Waals surface area contributed by atoms with Crippen LogP contribution in [-0.2, 0) is 20.9 Å². The number of aryl methyl sites for hydroxylation is 1. The van der Waals surface area contributed by atoms with E-state index in [2.05, 4.69) is 5.32 Å². The van der Waals surface area contributed by atoms with Gasteiger partial charge in [0.1, 0.15) is 13.1 Å². The Morgan fingerprint density at radius 2 is 2.06 bits per heavy atom. The minimum Gasteiger partial charge on any atom is -0.407 e. The third-order valence-corrected chi connectivity index (χ3v) is 6.17. The molecule has 2 aromatic carbocycles. The molecule has 0 saturated carbocycles.